The molecule has 0 spiro atoms. The molecule has 3 aromatic carbocycles. The lowest BCUT2D eigenvalue weighted by Gasteiger charge is -2.12. The molecule has 3 aromatic rings. The molecule has 0 saturated carbocycles. The number of rotatable bonds is 8. The molecule has 0 aliphatic heterocycles. The number of ether oxygens (including phenoxy) is 2. The second-order valence-corrected chi connectivity index (χ2v) is 8.32. The number of nitrogens with zero attached hydrogens (tertiary/aromatic N) is 1. The van der Waals surface area contributed by atoms with Crippen LogP contribution < -0.4 is 20.1 Å². The molecular weight excluding hydrogens is 523 g/mol. The highest BCUT2D eigenvalue weighted by atomic mass is 35.5. The topological polar surface area (TPSA) is 100 Å². The normalized spacial score (nSPS) is 11.3. The van der Waals surface area contributed by atoms with Crippen LogP contribution in [-0.4, -0.2) is 25.5 Å². The number of benzene rings is 3. The number of amides is 2. The van der Waals surface area contributed by atoms with Crippen LogP contribution in [0.4, 0.5) is 24.5 Å². The first-order valence-electron chi connectivity index (χ1n) is 11.0. The number of anilines is 2. The summed E-state index contributed by atoms with van der Waals surface area (Å²) in [6, 6.07) is 15.4. The van der Waals surface area contributed by atoms with Crippen LogP contribution in [0.5, 0.6) is 11.5 Å². The second kappa shape index (κ2) is 12.2. The van der Waals surface area contributed by atoms with Crippen molar-refractivity contribution in [3.05, 3.63) is 87.9 Å². The van der Waals surface area contributed by atoms with E-state index in [1.54, 1.807) is 24.3 Å². The zero-order valence-electron chi connectivity index (χ0n) is 20.2. The molecule has 0 aliphatic rings. The van der Waals surface area contributed by atoms with E-state index in [9.17, 15) is 28.0 Å². The fourth-order valence-corrected chi connectivity index (χ4v) is 3.37. The summed E-state index contributed by atoms with van der Waals surface area (Å²) >= 11 is 6.06. The Morgan fingerprint density at radius 1 is 1.03 bits per heavy atom. The van der Waals surface area contributed by atoms with Crippen molar-refractivity contribution in [1.29, 1.82) is 5.26 Å². The number of carbonyl (C=O) groups excluding carboxylic acids is 2. The molecule has 3 rings (SSSR count). The van der Waals surface area contributed by atoms with Crippen LogP contribution in [0.25, 0.3) is 6.08 Å². The van der Waals surface area contributed by atoms with Gasteiger partial charge in [0.2, 0.25) is 0 Å². The maximum Gasteiger partial charge on any atom is 0.416 e. The summed E-state index contributed by atoms with van der Waals surface area (Å²) in [4.78, 5) is 24.8. The van der Waals surface area contributed by atoms with Gasteiger partial charge in [0.15, 0.2) is 18.1 Å². The van der Waals surface area contributed by atoms with E-state index in [0.717, 1.165) is 23.8 Å². The van der Waals surface area contributed by atoms with Gasteiger partial charge in [-0.3, -0.25) is 9.59 Å². The molecule has 2 amide bonds. The van der Waals surface area contributed by atoms with Gasteiger partial charge in [-0.15, -0.1) is 0 Å². The summed E-state index contributed by atoms with van der Waals surface area (Å²) in [5.41, 5.74) is 0.354. The lowest BCUT2D eigenvalue weighted by molar-refractivity contribution is -0.137. The summed E-state index contributed by atoms with van der Waals surface area (Å²) in [6.45, 7) is 1.50. The van der Waals surface area contributed by atoms with Crippen LogP contribution >= 0.6 is 11.6 Å². The Morgan fingerprint density at radius 2 is 1.76 bits per heavy atom. The van der Waals surface area contributed by atoms with E-state index in [1.165, 1.54) is 37.5 Å². The first-order chi connectivity index (χ1) is 18.0. The average Bonchev–Trinajstić information content (AvgIpc) is 2.88. The molecule has 38 heavy (non-hydrogen) atoms. The first-order valence-corrected chi connectivity index (χ1v) is 11.3. The molecule has 0 fully saturated rings. The van der Waals surface area contributed by atoms with E-state index in [-0.39, 0.29) is 29.4 Å². The Hall–Kier alpha value is -4.49. The summed E-state index contributed by atoms with van der Waals surface area (Å²) in [5, 5.41) is 14.9. The van der Waals surface area contributed by atoms with E-state index in [4.69, 9.17) is 21.1 Å². The van der Waals surface area contributed by atoms with E-state index in [2.05, 4.69) is 10.6 Å². The molecule has 0 aliphatic carbocycles. The quantitative estimate of drug-likeness (QED) is 0.259. The summed E-state index contributed by atoms with van der Waals surface area (Å²) < 4.78 is 49.6. The van der Waals surface area contributed by atoms with Gasteiger partial charge in [0.25, 0.3) is 11.8 Å². The Bertz CT molecular complexity index is 1430. The Balaban J connectivity index is 1.69. The minimum atomic E-state index is -4.58. The van der Waals surface area contributed by atoms with Crippen LogP contribution in [0, 0.1) is 18.3 Å². The number of aryl methyl sites for hydroxylation is 1. The van der Waals surface area contributed by atoms with Gasteiger partial charge in [-0.1, -0.05) is 29.8 Å². The van der Waals surface area contributed by atoms with Crippen LogP contribution in [0.3, 0.4) is 0 Å². The Labute approximate surface area is 221 Å². The highest BCUT2D eigenvalue weighted by Crippen LogP contribution is 2.31. The summed E-state index contributed by atoms with van der Waals surface area (Å²) in [7, 11) is 1.37. The first kappa shape index (κ1) is 28.1. The summed E-state index contributed by atoms with van der Waals surface area (Å²) in [5.74, 6) is -0.873. The van der Waals surface area contributed by atoms with Gasteiger partial charge in [-0.05, 0) is 66.6 Å². The van der Waals surface area contributed by atoms with E-state index in [0.29, 0.717) is 16.3 Å². The van der Waals surface area contributed by atoms with Crippen molar-refractivity contribution < 1.29 is 32.2 Å². The van der Waals surface area contributed by atoms with Gasteiger partial charge in [0.05, 0.1) is 12.7 Å². The lowest BCUT2D eigenvalue weighted by Crippen LogP contribution is -2.20. The van der Waals surface area contributed by atoms with Crippen LogP contribution in [0.15, 0.2) is 66.2 Å². The summed E-state index contributed by atoms with van der Waals surface area (Å²) in [6.07, 6.45) is -3.34. The Kier molecular flexibility index (Phi) is 8.99. The van der Waals surface area contributed by atoms with Gasteiger partial charge < -0.3 is 20.1 Å². The molecule has 196 valence electrons. The van der Waals surface area contributed by atoms with Crippen LogP contribution in [0.1, 0.15) is 16.7 Å². The van der Waals surface area contributed by atoms with Crippen molar-refractivity contribution in [2.75, 3.05) is 24.4 Å². The molecule has 2 N–H and O–H groups in total. The number of alkyl halides is 3. The standard InChI is InChI=1S/C27H21ClF3N3O4/c1-16-6-8-21(13-22(16)28)33-25(35)15-38-23-9-7-17(11-24(23)37-2)10-18(14-32)26(36)34-20-5-3-4-19(12-20)27(29,30)31/h3-13H,15H2,1-2H3,(H,33,35)(H,34,36)/b18-10+. The number of methoxy groups -OCH3 is 1. The highest BCUT2D eigenvalue weighted by molar-refractivity contribution is 6.31. The number of halogens is 4. The molecule has 11 heteroatoms. The fourth-order valence-electron chi connectivity index (χ4n) is 3.19. The molecular formula is C27H21ClF3N3O4. The third kappa shape index (κ3) is 7.51. The van der Waals surface area contributed by atoms with Crippen molar-refractivity contribution in [3.8, 4) is 17.6 Å². The number of nitriles is 1. The number of hydrogen-bond donors (Lipinski definition) is 2. The van der Waals surface area contributed by atoms with Crippen LogP contribution in [-0.2, 0) is 15.8 Å². The average molecular weight is 544 g/mol. The lowest BCUT2D eigenvalue weighted by atomic mass is 10.1. The minimum Gasteiger partial charge on any atom is -0.493 e. The molecule has 0 unspecified atom stereocenters. The molecule has 0 atom stereocenters. The van der Waals surface area contributed by atoms with Gasteiger partial charge in [0, 0.05) is 16.4 Å². The molecule has 0 radical (unpaired) electrons. The zero-order chi connectivity index (χ0) is 27.9. The van der Waals surface area contributed by atoms with E-state index >= 15 is 0 Å². The molecule has 7 nitrogen and oxygen atoms in total. The predicted molar refractivity (Wildman–Crippen MR) is 137 cm³/mol. The molecule has 0 heterocycles. The second-order valence-electron chi connectivity index (χ2n) is 7.91. The van der Waals surface area contributed by atoms with E-state index < -0.39 is 23.6 Å². The van der Waals surface area contributed by atoms with Crippen molar-refractivity contribution in [1.82, 2.24) is 0 Å². The largest absolute Gasteiger partial charge is 0.493 e. The molecule has 0 saturated heterocycles. The maximum atomic E-state index is 12.9. The van der Waals surface area contributed by atoms with E-state index in [1.807, 2.05) is 6.92 Å². The number of carbonyl (C=O) groups is 2. The maximum absolute atomic E-state index is 12.9. The van der Waals surface area contributed by atoms with Crippen molar-refractivity contribution >= 4 is 40.9 Å². The third-order valence-electron chi connectivity index (χ3n) is 5.13. The number of hydrogen-bond acceptors (Lipinski definition) is 5. The van der Waals surface area contributed by atoms with Crippen LogP contribution in [0.2, 0.25) is 5.02 Å². The molecule has 0 aromatic heterocycles. The monoisotopic (exact) mass is 543 g/mol. The highest BCUT2D eigenvalue weighted by Gasteiger charge is 2.30. The van der Waals surface area contributed by atoms with Gasteiger partial charge >= 0.3 is 6.18 Å². The van der Waals surface area contributed by atoms with Gasteiger partial charge in [-0.2, -0.15) is 18.4 Å². The smallest absolute Gasteiger partial charge is 0.416 e. The van der Waals surface area contributed by atoms with Crippen molar-refractivity contribution in [2.24, 2.45) is 0 Å². The SMILES string of the molecule is COc1cc(/C=C(\C#N)C(=O)Nc2cccc(C(F)(F)F)c2)ccc1OCC(=O)Nc1ccc(C)c(Cl)c1. The zero-order valence-corrected chi connectivity index (χ0v) is 20.9. The molecule has 0 bridgehead atoms. The third-order valence-corrected chi connectivity index (χ3v) is 5.53. The van der Waals surface area contributed by atoms with Crippen molar-refractivity contribution in [2.45, 2.75) is 13.1 Å². The van der Waals surface area contributed by atoms with Crippen molar-refractivity contribution in [3.63, 3.8) is 0 Å². The number of nitrogens with one attached hydrogen (secondary N) is 2. The fraction of sp³-hybridized carbons (Fsp3) is 0.148. The van der Waals surface area contributed by atoms with Gasteiger partial charge in [-0.25, -0.2) is 0 Å². The Morgan fingerprint density at radius 3 is 2.42 bits per heavy atom. The predicted octanol–water partition coefficient (Wildman–Crippen LogP) is 6.24. The minimum absolute atomic E-state index is 0.113. The van der Waals surface area contributed by atoms with Gasteiger partial charge in [0.1, 0.15) is 11.6 Å².